The van der Waals surface area contributed by atoms with Gasteiger partial charge in [-0.05, 0) is 55.9 Å². The van der Waals surface area contributed by atoms with Gasteiger partial charge < -0.3 is 9.88 Å². The number of nitrogens with zero attached hydrogens (tertiary/aromatic N) is 2. The first-order chi connectivity index (χ1) is 9.75. The lowest BCUT2D eigenvalue weighted by Gasteiger charge is -2.23. The topological polar surface area (TPSA) is 29.9 Å². The quantitative estimate of drug-likeness (QED) is 0.936. The summed E-state index contributed by atoms with van der Waals surface area (Å²) >= 11 is 2.09. The summed E-state index contributed by atoms with van der Waals surface area (Å²) in [4.78, 5) is 4.77. The van der Waals surface area contributed by atoms with Gasteiger partial charge in [-0.1, -0.05) is 12.1 Å². The molecule has 1 aliphatic heterocycles. The summed E-state index contributed by atoms with van der Waals surface area (Å²) in [6.45, 7) is 3.34. The highest BCUT2D eigenvalue weighted by Crippen LogP contribution is 2.23. The number of hydrogen-bond acceptors (Lipinski definition) is 3. The van der Waals surface area contributed by atoms with Crippen molar-refractivity contribution < 1.29 is 0 Å². The lowest BCUT2D eigenvalue weighted by molar-refractivity contribution is 0.411. The second kappa shape index (κ2) is 6.19. The van der Waals surface area contributed by atoms with E-state index in [9.17, 15) is 0 Å². The fourth-order valence-electron chi connectivity index (χ4n) is 2.94. The molecule has 20 heavy (non-hydrogen) atoms. The molecule has 3 rings (SSSR count). The zero-order valence-electron chi connectivity index (χ0n) is 12.3. The first kappa shape index (κ1) is 14.0. The Morgan fingerprint density at radius 2 is 2.10 bits per heavy atom. The normalized spacial score (nSPS) is 18.5. The Labute approximate surface area is 125 Å². The van der Waals surface area contributed by atoms with Crippen molar-refractivity contribution in [3.63, 3.8) is 0 Å². The molecule has 0 spiro atoms. The third-order valence-electron chi connectivity index (χ3n) is 4.26. The third kappa shape index (κ3) is 2.86. The van der Waals surface area contributed by atoms with Crippen LogP contribution in [0.25, 0.3) is 11.0 Å². The second-order valence-electron chi connectivity index (χ2n) is 5.70. The fraction of sp³-hybridized carbons (Fsp3) is 0.562. The fourth-order valence-corrected chi connectivity index (χ4v) is 4.14. The van der Waals surface area contributed by atoms with Crippen molar-refractivity contribution in [2.75, 3.05) is 18.1 Å². The van der Waals surface area contributed by atoms with E-state index in [0.717, 1.165) is 23.8 Å². The van der Waals surface area contributed by atoms with E-state index in [0.29, 0.717) is 6.04 Å². The SMILES string of the molecule is CC(NCC1CCSCC1)c1nc2ccccc2n1C. The number of imidazole rings is 1. The Morgan fingerprint density at radius 3 is 2.85 bits per heavy atom. The molecule has 1 saturated heterocycles. The van der Waals surface area contributed by atoms with Crippen molar-refractivity contribution in [3.8, 4) is 0 Å². The monoisotopic (exact) mass is 289 g/mol. The van der Waals surface area contributed by atoms with Crippen molar-refractivity contribution in [1.29, 1.82) is 0 Å². The van der Waals surface area contributed by atoms with E-state index in [1.54, 1.807) is 0 Å². The number of para-hydroxylation sites is 2. The molecule has 1 aromatic heterocycles. The van der Waals surface area contributed by atoms with Gasteiger partial charge in [0.25, 0.3) is 0 Å². The highest BCUT2D eigenvalue weighted by molar-refractivity contribution is 7.99. The van der Waals surface area contributed by atoms with Crippen LogP contribution in [0.2, 0.25) is 0 Å². The average Bonchev–Trinajstić information content (AvgIpc) is 2.84. The minimum Gasteiger partial charge on any atom is -0.330 e. The van der Waals surface area contributed by atoms with Gasteiger partial charge in [0.05, 0.1) is 17.1 Å². The number of benzene rings is 1. The first-order valence-corrected chi connectivity index (χ1v) is 8.63. The number of hydrogen-bond donors (Lipinski definition) is 1. The van der Waals surface area contributed by atoms with Crippen LogP contribution in [-0.4, -0.2) is 27.6 Å². The van der Waals surface area contributed by atoms with Crippen molar-refractivity contribution in [2.24, 2.45) is 13.0 Å². The van der Waals surface area contributed by atoms with Gasteiger partial charge in [0, 0.05) is 7.05 Å². The standard InChI is InChI=1S/C16H23N3S/c1-12(17-11-13-7-9-20-10-8-13)16-18-14-5-3-4-6-15(14)19(16)2/h3-6,12-13,17H,7-11H2,1-2H3. The summed E-state index contributed by atoms with van der Waals surface area (Å²) in [5.74, 6) is 4.63. The van der Waals surface area contributed by atoms with Crippen molar-refractivity contribution in [3.05, 3.63) is 30.1 Å². The highest BCUT2D eigenvalue weighted by Gasteiger charge is 2.17. The van der Waals surface area contributed by atoms with E-state index in [-0.39, 0.29) is 0 Å². The highest BCUT2D eigenvalue weighted by atomic mass is 32.2. The van der Waals surface area contributed by atoms with Crippen LogP contribution in [0, 0.1) is 5.92 Å². The van der Waals surface area contributed by atoms with E-state index in [1.165, 1.54) is 29.9 Å². The molecule has 0 radical (unpaired) electrons. The van der Waals surface area contributed by atoms with Crippen LogP contribution in [0.5, 0.6) is 0 Å². The van der Waals surface area contributed by atoms with E-state index in [1.807, 2.05) is 0 Å². The van der Waals surface area contributed by atoms with Crippen molar-refractivity contribution in [2.45, 2.75) is 25.8 Å². The predicted molar refractivity (Wildman–Crippen MR) is 87.2 cm³/mol. The maximum atomic E-state index is 4.77. The second-order valence-corrected chi connectivity index (χ2v) is 6.93. The zero-order chi connectivity index (χ0) is 13.9. The van der Waals surface area contributed by atoms with Crippen LogP contribution in [0.4, 0.5) is 0 Å². The Bertz CT molecular complexity index is 572. The molecule has 1 N–H and O–H groups in total. The predicted octanol–water partition coefficient (Wildman–Crippen LogP) is 3.37. The third-order valence-corrected chi connectivity index (χ3v) is 5.31. The zero-order valence-corrected chi connectivity index (χ0v) is 13.1. The molecule has 0 bridgehead atoms. The Morgan fingerprint density at radius 1 is 1.35 bits per heavy atom. The number of fused-ring (bicyclic) bond motifs is 1. The van der Waals surface area contributed by atoms with Crippen molar-refractivity contribution >= 4 is 22.8 Å². The van der Waals surface area contributed by atoms with E-state index >= 15 is 0 Å². The molecule has 1 atom stereocenters. The van der Waals surface area contributed by atoms with Crippen LogP contribution in [0.15, 0.2) is 24.3 Å². The lowest BCUT2D eigenvalue weighted by atomic mass is 10.0. The van der Waals surface area contributed by atoms with Gasteiger partial charge in [-0.15, -0.1) is 0 Å². The molecule has 1 aromatic carbocycles. The van der Waals surface area contributed by atoms with E-state index < -0.39 is 0 Å². The number of thioether (sulfide) groups is 1. The molecule has 2 heterocycles. The molecule has 1 fully saturated rings. The molecular weight excluding hydrogens is 266 g/mol. The molecule has 2 aromatic rings. The maximum Gasteiger partial charge on any atom is 0.126 e. The van der Waals surface area contributed by atoms with E-state index in [2.05, 4.69) is 59.9 Å². The van der Waals surface area contributed by atoms with Crippen LogP contribution in [0.3, 0.4) is 0 Å². The number of aryl methyl sites for hydroxylation is 1. The number of rotatable bonds is 4. The first-order valence-electron chi connectivity index (χ1n) is 7.48. The summed E-state index contributed by atoms with van der Waals surface area (Å²) < 4.78 is 2.21. The van der Waals surface area contributed by atoms with Crippen molar-refractivity contribution in [1.82, 2.24) is 14.9 Å². The average molecular weight is 289 g/mol. The Kier molecular flexibility index (Phi) is 4.32. The minimum atomic E-state index is 0.307. The largest absolute Gasteiger partial charge is 0.330 e. The van der Waals surface area contributed by atoms with Crippen LogP contribution in [0.1, 0.15) is 31.6 Å². The van der Waals surface area contributed by atoms with Gasteiger partial charge in [-0.25, -0.2) is 4.98 Å². The summed E-state index contributed by atoms with van der Waals surface area (Å²) in [6.07, 6.45) is 2.71. The summed E-state index contributed by atoms with van der Waals surface area (Å²) in [7, 11) is 2.11. The maximum absolute atomic E-state index is 4.77. The van der Waals surface area contributed by atoms with Gasteiger partial charge in [0.1, 0.15) is 5.82 Å². The summed E-state index contributed by atoms with van der Waals surface area (Å²) in [5, 5.41) is 3.68. The number of aromatic nitrogens is 2. The molecule has 0 amide bonds. The van der Waals surface area contributed by atoms with Gasteiger partial charge >= 0.3 is 0 Å². The van der Waals surface area contributed by atoms with Gasteiger partial charge in [-0.2, -0.15) is 11.8 Å². The van der Waals surface area contributed by atoms with Crippen LogP contribution >= 0.6 is 11.8 Å². The Balaban J connectivity index is 1.68. The molecule has 0 aliphatic carbocycles. The molecule has 108 valence electrons. The smallest absolute Gasteiger partial charge is 0.126 e. The number of nitrogens with one attached hydrogen (secondary N) is 1. The van der Waals surface area contributed by atoms with Crippen LogP contribution in [-0.2, 0) is 7.05 Å². The summed E-state index contributed by atoms with van der Waals surface area (Å²) in [6, 6.07) is 8.66. The molecule has 1 unspecified atom stereocenters. The molecule has 3 nitrogen and oxygen atoms in total. The van der Waals surface area contributed by atoms with Crippen LogP contribution < -0.4 is 5.32 Å². The molecule has 0 saturated carbocycles. The van der Waals surface area contributed by atoms with Gasteiger partial charge in [0.15, 0.2) is 0 Å². The van der Waals surface area contributed by atoms with E-state index in [4.69, 9.17) is 4.98 Å². The summed E-state index contributed by atoms with van der Waals surface area (Å²) in [5.41, 5.74) is 2.30. The van der Waals surface area contributed by atoms with Gasteiger partial charge in [0.2, 0.25) is 0 Å². The van der Waals surface area contributed by atoms with Gasteiger partial charge in [-0.3, -0.25) is 0 Å². The molecule has 1 aliphatic rings. The minimum absolute atomic E-state index is 0.307. The molecular formula is C16H23N3S. The molecule has 4 heteroatoms. The lowest BCUT2D eigenvalue weighted by Crippen LogP contribution is -2.29. The Hall–Kier alpha value is -1.00.